The van der Waals surface area contributed by atoms with Crippen LogP contribution in [0.25, 0.3) is 49.7 Å². The fourth-order valence-electron chi connectivity index (χ4n) is 6.77. The van der Waals surface area contributed by atoms with Gasteiger partial charge < -0.3 is 14.8 Å². The molecule has 45 heavy (non-hydrogen) atoms. The molecule has 8 aromatic rings. The first-order chi connectivity index (χ1) is 22.3. The Labute approximate surface area is 262 Å². The molecule has 1 aromatic heterocycles. The number of nitrogens with one attached hydrogen (secondary N) is 1. The lowest BCUT2D eigenvalue weighted by atomic mass is 10.0. The highest BCUT2D eigenvalue weighted by Crippen LogP contribution is 2.42. The predicted molar refractivity (Wildman–Crippen MR) is 190 cm³/mol. The average molecular weight is 576 g/mol. The standard InChI is InChI=1S/C42H29N3/c1-2-16-35(17-3-1)45-41-21-5-4-20-39(41)40-28-38(22-23-42(40)45)44-36-18-8-12-31(26-36)29-10-6-14-33(24-29)43-34-15-7-11-30(25-34)32-13-9-19-37(44)27-32/h1-28,43H. The Balaban J connectivity index is 1.31. The Morgan fingerprint density at radius 3 is 1.51 bits per heavy atom. The van der Waals surface area contributed by atoms with E-state index in [4.69, 9.17) is 0 Å². The van der Waals surface area contributed by atoms with Crippen molar-refractivity contribution in [2.24, 2.45) is 0 Å². The van der Waals surface area contributed by atoms with E-state index in [9.17, 15) is 0 Å². The minimum atomic E-state index is 1.07. The highest BCUT2D eigenvalue weighted by Gasteiger charge is 2.18. The summed E-state index contributed by atoms with van der Waals surface area (Å²) in [6.45, 7) is 0. The quantitative estimate of drug-likeness (QED) is 0.221. The zero-order valence-electron chi connectivity index (χ0n) is 24.6. The van der Waals surface area contributed by atoms with Gasteiger partial charge in [-0.1, -0.05) is 84.9 Å². The van der Waals surface area contributed by atoms with Crippen molar-refractivity contribution in [3.63, 3.8) is 0 Å². The van der Waals surface area contributed by atoms with Gasteiger partial charge >= 0.3 is 0 Å². The Hall–Kier alpha value is -6.06. The maximum absolute atomic E-state index is 3.62. The number of rotatable bonds is 2. The van der Waals surface area contributed by atoms with Gasteiger partial charge in [0.15, 0.2) is 0 Å². The summed E-state index contributed by atoms with van der Waals surface area (Å²) >= 11 is 0. The van der Waals surface area contributed by atoms with Crippen LogP contribution in [0.1, 0.15) is 0 Å². The van der Waals surface area contributed by atoms with Crippen LogP contribution in [0.15, 0.2) is 170 Å². The van der Waals surface area contributed by atoms with E-state index < -0.39 is 0 Å². The van der Waals surface area contributed by atoms with Gasteiger partial charge in [0.05, 0.1) is 11.0 Å². The zero-order chi connectivity index (χ0) is 29.7. The number of fused-ring (bicyclic) bond motifs is 13. The van der Waals surface area contributed by atoms with Crippen molar-refractivity contribution >= 4 is 50.2 Å². The van der Waals surface area contributed by atoms with E-state index in [1.807, 2.05) is 0 Å². The summed E-state index contributed by atoms with van der Waals surface area (Å²) in [6, 6.07) is 61.3. The molecule has 3 nitrogen and oxygen atoms in total. The van der Waals surface area contributed by atoms with E-state index >= 15 is 0 Å². The summed E-state index contributed by atoms with van der Waals surface area (Å²) in [7, 11) is 0. The van der Waals surface area contributed by atoms with Crippen molar-refractivity contribution in [3.05, 3.63) is 170 Å². The van der Waals surface area contributed by atoms with Crippen molar-refractivity contribution in [1.82, 2.24) is 4.57 Å². The lowest BCUT2D eigenvalue weighted by molar-refractivity contribution is 1.18. The van der Waals surface area contributed by atoms with Crippen molar-refractivity contribution < 1.29 is 0 Å². The van der Waals surface area contributed by atoms with Crippen molar-refractivity contribution in [2.75, 3.05) is 10.2 Å². The number of benzene rings is 7. The van der Waals surface area contributed by atoms with Gasteiger partial charge in [0.25, 0.3) is 0 Å². The molecule has 9 rings (SSSR count). The topological polar surface area (TPSA) is 20.2 Å². The Bertz CT molecular complexity index is 2280. The molecule has 0 radical (unpaired) electrons. The minimum Gasteiger partial charge on any atom is -0.355 e. The van der Waals surface area contributed by atoms with Crippen molar-refractivity contribution in [2.45, 2.75) is 0 Å². The van der Waals surface area contributed by atoms with Gasteiger partial charge in [-0.3, -0.25) is 0 Å². The molecule has 0 amide bonds. The second-order valence-corrected chi connectivity index (χ2v) is 11.6. The molecule has 0 spiro atoms. The molecule has 0 unspecified atom stereocenters. The first-order valence-electron chi connectivity index (χ1n) is 15.4. The van der Waals surface area contributed by atoms with Gasteiger partial charge in [-0.2, -0.15) is 0 Å². The molecule has 0 atom stereocenters. The van der Waals surface area contributed by atoms with Crippen LogP contribution in [0.5, 0.6) is 0 Å². The van der Waals surface area contributed by atoms with Gasteiger partial charge in [-0.15, -0.1) is 0 Å². The summed E-state index contributed by atoms with van der Waals surface area (Å²) in [6.07, 6.45) is 0. The van der Waals surface area contributed by atoms with Gasteiger partial charge in [0.2, 0.25) is 0 Å². The fourth-order valence-corrected chi connectivity index (χ4v) is 6.77. The summed E-state index contributed by atoms with van der Waals surface area (Å²) in [5.74, 6) is 0. The predicted octanol–water partition coefficient (Wildman–Crippen LogP) is 11.6. The number of hydrogen-bond donors (Lipinski definition) is 1. The maximum Gasteiger partial charge on any atom is 0.0542 e. The first-order valence-corrected chi connectivity index (χ1v) is 15.4. The summed E-state index contributed by atoms with van der Waals surface area (Å²) in [5.41, 5.74) is 13.7. The fraction of sp³-hybridized carbons (Fsp3) is 0. The summed E-state index contributed by atoms with van der Waals surface area (Å²) in [4.78, 5) is 2.39. The van der Waals surface area contributed by atoms with Crippen molar-refractivity contribution in [1.29, 1.82) is 0 Å². The molecule has 0 aliphatic carbocycles. The molecule has 3 heteroatoms. The second-order valence-electron chi connectivity index (χ2n) is 11.6. The third-order valence-corrected chi connectivity index (χ3v) is 8.82. The van der Waals surface area contributed by atoms with E-state index in [0.29, 0.717) is 0 Å². The average Bonchev–Trinajstić information content (AvgIpc) is 3.43. The SMILES string of the molecule is c1ccc(-n2c3ccccc3c3cc(N4c5cccc(c5)-c5cccc(c5)Nc5cccc(c5)-c5cccc4c5)ccc32)cc1. The van der Waals surface area contributed by atoms with E-state index in [1.54, 1.807) is 0 Å². The van der Waals surface area contributed by atoms with Gasteiger partial charge in [0.1, 0.15) is 0 Å². The third kappa shape index (κ3) is 4.37. The molecule has 212 valence electrons. The van der Waals surface area contributed by atoms with Crippen LogP contribution in [0, 0.1) is 0 Å². The van der Waals surface area contributed by atoms with Crippen molar-refractivity contribution in [3.8, 4) is 27.9 Å². The molecule has 2 heterocycles. The smallest absolute Gasteiger partial charge is 0.0542 e. The molecule has 0 saturated heterocycles. The molecular formula is C42H29N3. The Morgan fingerprint density at radius 1 is 0.333 bits per heavy atom. The van der Waals surface area contributed by atoms with E-state index in [0.717, 1.165) is 34.1 Å². The third-order valence-electron chi connectivity index (χ3n) is 8.82. The molecule has 7 aromatic carbocycles. The van der Waals surface area contributed by atoms with E-state index in [-0.39, 0.29) is 0 Å². The number of aromatic nitrogens is 1. The second kappa shape index (κ2) is 10.3. The molecule has 1 aliphatic heterocycles. The highest BCUT2D eigenvalue weighted by molar-refractivity contribution is 6.10. The van der Waals surface area contributed by atoms with Gasteiger partial charge in [-0.05, 0) is 107 Å². The molecule has 8 bridgehead atoms. The molecule has 1 N–H and O–H groups in total. The number of para-hydroxylation sites is 2. The van der Waals surface area contributed by atoms with Crippen LogP contribution in [0.2, 0.25) is 0 Å². The van der Waals surface area contributed by atoms with E-state index in [1.165, 1.54) is 44.1 Å². The van der Waals surface area contributed by atoms with Crippen LogP contribution >= 0.6 is 0 Å². The maximum atomic E-state index is 3.62. The van der Waals surface area contributed by atoms with Crippen LogP contribution in [0.4, 0.5) is 28.4 Å². The van der Waals surface area contributed by atoms with E-state index in [2.05, 4.69) is 185 Å². The normalized spacial score (nSPS) is 12.1. The van der Waals surface area contributed by atoms with Crippen LogP contribution in [-0.2, 0) is 0 Å². The molecule has 0 saturated carbocycles. The zero-order valence-corrected chi connectivity index (χ0v) is 24.6. The number of hydrogen-bond acceptors (Lipinski definition) is 2. The monoisotopic (exact) mass is 575 g/mol. The van der Waals surface area contributed by atoms with Crippen LogP contribution in [-0.4, -0.2) is 4.57 Å². The molecule has 1 aliphatic rings. The first kappa shape index (κ1) is 25.4. The van der Waals surface area contributed by atoms with Gasteiger partial charge in [0, 0.05) is 44.9 Å². The summed E-state index contributed by atoms with van der Waals surface area (Å²) in [5, 5.41) is 6.09. The van der Waals surface area contributed by atoms with Crippen LogP contribution in [0.3, 0.4) is 0 Å². The lowest BCUT2D eigenvalue weighted by Gasteiger charge is -2.27. The minimum absolute atomic E-state index is 1.07. The van der Waals surface area contributed by atoms with Crippen LogP contribution < -0.4 is 10.2 Å². The largest absolute Gasteiger partial charge is 0.355 e. The Kier molecular flexibility index (Phi) is 5.82. The highest BCUT2D eigenvalue weighted by atomic mass is 15.1. The Morgan fingerprint density at radius 2 is 0.844 bits per heavy atom. The van der Waals surface area contributed by atoms with Gasteiger partial charge in [-0.25, -0.2) is 0 Å². The molecule has 0 fully saturated rings. The molecular weight excluding hydrogens is 546 g/mol. The number of anilines is 5. The summed E-state index contributed by atoms with van der Waals surface area (Å²) < 4.78 is 2.37. The number of nitrogens with zero attached hydrogens (tertiary/aromatic N) is 2. The lowest BCUT2D eigenvalue weighted by Crippen LogP contribution is -2.10.